The summed E-state index contributed by atoms with van der Waals surface area (Å²) in [5, 5.41) is 15.4. The van der Waals surface area contributed by atoms with Crippen molar-refractivity contribution in [2.45, 2.75) is 19.9 Å². The Labute approximate surface area is 171 Å². The molecule has 2 aromatic rings. The molecule has 0 aliphatic rings. The summed E-state index contributed by atoms with van der Waals surface area (Å²) in [5.74, 6) is -3.42. The molecule has 158 valence electrons. The number of nitro benzene ring substituents is 1. The molecule has 0 saturated heterocycles. The highest BCUT2D eigenvalue weighted by Crippen LogP contribution is 2.21. The van der Waals surface area contributed by atoms with Crippen LogP contribution in [-0.2, 0) is 14.3 Å². The van der Waals surface area contributed by atoms with Gasteiger partial charge in [-0.3, -0.25) is 19.7 Å². The van der Waals surface area contributed by atoms with E-state index in [1.165, 1.54) is 0 Å². The van der Waals surface area contributed by atoms with Gasteiger partial charge in [0.2, 0.25) is 0 Å². The van der Waals surface area contributed by atoms with Crippen molar-refractivity contribution in [2.75, 3.05) is 11.9 Å². The van der Waals surface area contributed by atoms with E-state index in [2.05, 4.69) is 10.6 Å². The molecule has 2 amide bonds. The highest BCUT2D eigenvalue weighted by molar-refractivity contribution is 5.97. The summed E-state index contributed by atoms with van der Waals surface area (Å²) in [5.41, 5.74) is -0.468. The molecule has 0 bridgehead atoms. The molecule has 0 spiro atoms. The van der Waals surface area contributed by atoms with Gasteiger partial charge in [0.25, 0.3) is 17.5 Å². The molecule has 0 heterocycles. The predicted molar refractivity (Wildman–Crippen MR) is 105 cm³/mol. The van der Waals surface area contributed by atoms with Gasteiger partial charge in [-0.1, -0.05) is 32.0 Å². The largest absolute Gasteiger partial charge is 0.454 e. The zero-order valence-electron chi connectivity index (χ0n) is 16.3. The Hall–Kier alpha value is -3.82. The van der Waals surface area contributed by atoms with Gasteiger partial charge in [-0.15, -0.1) is 0 Å². The maximum atomic E-state index is 13.7. The number of hydrogen-bond donors (Lipinski definition) is 2. The molecule has 0 saturated carbocycles. The summed E-state index contributed by atoms with van der Waals surface area (Å²) >= 11 is 0. The highest BCUT2D eigenvalue weighted by atomic mass is 19.1. The monoisotopic (exact) mass is 417 g/mol. The van der Waals surface area contributed by atoms with E-state index < -0.39 is 52.5 Å². The Morgan fingerprint density at radius 3 is 2.40 bits per heavy atom. The molecular formula is C20H20FN3O6. The molecule has 1 atom stereocenters. The third kappa shape index (κ3) is 6.09. The topological polar surface area (TPSA) is 128 Å². The molecule has 0 aliphatic heterocycles. The smallest absolute Gasteiger partial charge is 0.329 e. The SMILES string of the molecule is CC(C)[C@H](NC(=O)c1ccccc1)C(=O)OCC(=O)Nc1cc([N+](=O)[O-])ccc1F. The average Bonchev–Trinajstić information content (AvgIpc) is 2.71. The maximum absolute atomic E-state index is 13.7. The van der Waals surface area contributed by atoms with Gasteiger partial charge in [0, 0.05) is 17.7 Å². The number of non-ortho nitro benzene ring substituents is 1. The number of rotatable bonds is 8. The maximum Gasteiger partial charge on any atom is 0.329 e. The first-order valence-corrected chi connectivity index (χ1v) is 8.95. The third-order valence-electron chi connectivity index (χ3n) is 4.02. The van der Waals surface area contributed by atoms with Gasteiger partial charge >= 0.3 is 5.97 Å². The van der Waals surface area contributed by atoms with Crippen LogP contribution in [0.5, 0.6) is 0 Å². The molecule has 10 heteroatoms. The van der Waals surface area contributed by atoms with Crippen LogP contribution in [0.3, 0.4) is 0 Å². The van der Waals surface area contributed by atoms with Gasteiger partial charge in [0.05, 0.1) is 10.6 Å². The van der Waals surface area contributed by atoms with Crippen LogP contribution in [-0.4, -0.2) is 35.4 Å². The number of benzene rings is 2. The number of nitrogens with one attached hydrogen (secondary N) is 2. The van der Waals surface area contributed by atoms with E-state index in [1.807, 2.05) is 0 Å². The molecule has 30 heavy (non-hydrogen) atoms. The minimum absolute atomic E-state index is 0.331. The third-order valence-corrected chi connectivity index (χ3v) is 4.02. The summed E-state index contributed by atoms with van der Waals surface area (Å²) in [4.78, 5) is 46.6. The fourth-order valence-corrected chi connectivity index (χ4v) is 2.45. The number of carbonyl (C=O) groups excluding carboxylic acids is 3. The molecule has 0 radical (unpaired) electrons. The fraction of sp³-hybridized carbons (Fsp3) is 0.250. The standard InChI is InChI=1S/C20H20FN3O6/c1-12(2)18(23-19(26)13-6-4-3-5-7-13)20(27)30-11-17(25)22-16-10-14(24(28)29)8-9-15(16)21/h3-10,12,18H,11H2,1-2H3,(H,22,25)(H,23,26)/t18-/m0/s1. The number of ether oxygens (including phenoxy) is 1. The van der Waals surface area contributed by atoms with E-state index >= 15 is 0 Å². The minimum Gasteiger partial charge on any atom is -0.454 e. The number of halogens is 1. The zero-order chi connectivity index (χ0) is 22.3. The summed E-state index contributed by atoms with van der Waals surface area (Å²) < 4.78 is 18.7. The van der Waals surface area contributed by atoms with E-state index in [4.69, 9.17) is 4.74 Å². The zero-order valence-corrected chi connectivity index (χ0v) is 16.3. The van der Waals surface area contributed by atoms with Crippen LogP contribution in [0.15, 0.2) is 48.5 Å². The van der Waals surface area contributed by atoms with Crippen molar-refractivity contribution in [3.8, 4) is 0 Å². The van der Waals surface area contributed by atoms with Crippen molar-refractivity contribution >= 4 is 29.2 Å². The van der Waals surface area contributed by atoms with E-state index in [-0.39, 0.29) is 5.92 Å². The molecule has 2 N–H and O–H groups in total. The summed E-state index contributed by atoms with van der Waals surface area (Å²) in [6.45, 7) is 2.62. The number of nitrogens with zero attached hydrogens (tertiary/aromatic N) is 1. The molecule has 0 aromatic heterocycles. The lowest BCUT2D eigenvalue weighted by Gasteiger charge is -2.20. The van der Waals surface area contributed by atoms with E-state index in [0.29, 0.717) is 5.56 Å². The lowest BCUT2D eigenvalue weighted by molar-refractivity contribution is -0.384. The Kier molecular flexibility index (Phi) is 7.56. The molecular weight excluding hydrogens is 397 g/mol. The Morgan fingerprint density at radius 2 is 1.80 bits per heavy atom. The van der Waals surface area contributed by atoms with Gasteiger partial charge in [0.15, 0.2) is 6.61 Å². The van der Waals surface area contributed by atoms with Crippen molar-refractivity contribution < 1.29 is 28.4 Å². The second-order valence-electron chi connectivity index (χ2n) is 6.64. The van der Waals surface area contributed by atoms with E-state index in [1.54, 1.807) is 44.2 Å². The molecule has 0 aliphatic carbocycles. The second-order valence-corrected chi connectivity index (χ2v) is 6.64. The van der Waals surface area contributed by atoms with Gasteiger partial charge < -0.3 is 15.4 Å². The van der Waals surface area contributed by atoms with Crippen molar-refractivity contribution in [1.82, 2.24) is 5.32 Å². The summed E-state index contributed by atoms with van der Waals surface area (Å²) in [6.07, 6.45) is 0. The van der Waals surface area contributed by atoms with Crippen LogP contribution in [0.25, 0.3) is 0 Å². The first-order valence-electron chi connectivity index (χ1n) is 8.95. The normalized spacial score (nSPS) is 11.5. The molecule has 9 nitrogen and oxygen atoms in total. The number of carbonyl (C=O) groups is 3. The van der Waals surface area contributed by atoms with Crippen molar-refractivity contribution in [3.63, 3.8) is 0 Å². The highest BCUT2D eigenvalue weighted by Gasteiger charge is 2.27. The number of hydrogen-bond acceptors (Lipinski definition) is 6. The summed E-state index contributed by atoms with van der Waals surface area (Å²) in [6, 6.07) is 9.89. The molecule has 0 fully saturated rings. The van der Waals surface area contributed by atoms with Gasteiger partial charge in [-0.2, -0.15) is 0 Å². The minimum atomic E-state index is -1.01. The van der Waals surface area contributed by atoms with Crippen LogP contribution >= 0.6 is 0 Å². The Morgan fingerprint density at radius 1 is 1.13 bits per heavy atom. The fourth-order valence-electron chi connectivity index (χ4n) is 2.45. The Bertz CT molecular complexity index is 949. The van der Waals surface area contributed by atoms with Gasteiger partial charge in [0.1, 0.15) is 11.9 Å². The quantitative estimate of drug-likeness (QED) is 0.386. The van der Waals surface area contributed by atoms with Gasteiger partial charge in [-0.25, -0.2) is 9.18 Å². The molecule has 2 rings (SSSR count). The average molecular weight is 417 g/mol. The van der Waals surface area contributed by atoms with E-state index in [0.717, 1.165) is 18.2 Å². The first kappa shape index (κ1) is 22.5. The molecule has 0 unspecified atom stereocenters. The van der Waals surface area contributed by atoms with Gasteiger partial charge in [-0.05, 0) is 24.1 Å². The van der Waals surface area contributed by atoms with Crippen molar-refractivity contribution in [1.29, 1.82) is 0 Å². The number of anilines is 1. The van der Waals surface area contributed by atoms with Crippen LogP contribution in [0.2, 0.25) is 0 Å². The summed E-state index contributed by atoms with van der Waals surface area (Å²) in [7, 11) is 0. The predicted octanol–water partition coefficient (Wildman–Crippen LogP) is 2.67. The van der Waals surface area contributed by atoms with Crippen LogP contribution < -0.4 is 10.6 Å². The molecule has 2 aromatic carbocycles. The lowest BCUT2D eigenvalue weighted by Crippen LogP contribution is -2.45. The van der Waals surface area contributed by atoms with Crippen LogP contribution in [0, 0.1) is 21.8 Å². The number of nitro groups is 1. The van der Waals surface area contributed by atoms with E-state index in [9.17, 15) is 28.9 Å². The lowest BCUT2D eigenvalue weighted by atomic mass is 10.0. The number of esters is 1. The van der Waals surface area contributed by atoms with Crippen molar-refractivity contribution in [2.24, 2.45) is 5.92 Å². The number of amides is 2. The first-order chi connectivity index (χ1) is 14.2. The van der Waals surface area contributed by atoms with Crippen molar-refractivity contribution in [3.05, 3.63) is 70.0 Å². The van der Waals surface area contributed by atoms with Crippen LogP contribution in [0.4, 0.5) is 15.8 Å². The van der Waals surface area contributed by atoms with Crippen LogP contribution in [0.1, 0.15) is 24.2 Å². The second kappa shape index (κ2) is 10.1. The Balaban J connectivity index is 1.97.